The maximum atomic E-state index is 12.2. The van der Waals surface area contributed by atoms with Gasteiger partial charge in [-0.25, -0.2) is 0 Å². The Morgan fingerprint density at radius 3 is 2.86 bits per heavy atom. The Bertz CT molecular complexity index is 462. The predicted octanol–water partition coefficient (Wildman–Crippen LogP) is 0.269. The normalized spacial score (nSPS) is 25.8. The van der Waals surface area contributed by atoms with Crippen LogP contribution < -0.4 is 0 Å². The van der Waals surface area contributed by atoms with Gasteiger partial charge in [0, 0.05) is 32.2 Å². The highest BCUT2D eigenvalue weighted by atomic mass is 16.5. The van der Waals surface area contributed by atoms with E-state index in [4.69, 9.17) is 19.1 Å². The van der Waals surface area contributed by atoms with Crippen LogP contribution in [-0.2, 0) is 20.9 Å². The summed E-state index contributed by atoms with van der Waals surface area (Å²) in [5.41, 5.74) is 1.16. The Morgan fingerprint density at radius 2 is 2.19 bits per heavy atom. The lowest BCUT2D eigenvalue weighted by molar-refractivity contribution is -0.134. The van der Waals surface area contributed by atoms with Crippen molar-refractivity contribution in [2.45, 2.75) is 12.6 Å². The summed E-state index contributed by atoms with van der Waals surface area (Å²) in [5, 5.41) is 6.89. The number of hydrogen-bond acceptors (Lipinski definition) is 5. The Morgan fingerprint density at radius 1 is 1.43 bits per heavy atom. The maximum Gasteiger partial charge on any atom is 0.290 e. The molecule has 2 aliphatic rings. The minimum Gasteiger partial charge on any atom is -0.483 e. The summed E-state index contributed by atoms with van der Waals surface area (Å²) in [6.07, 6.45) is 3.46. The van der Waals surface area contributed by atoms with Crippen molar-refractivity contribution in [2.24, 2.45) is 5.92 Å². The van der Waals surface area contributed by atoms with E-state index < -0.39 is 0 Å². The molecule has 2 saturated heterocycles. The van der Waals surface area contributed by atoms with E-state index in [9.17, 15) is 4.79 Å². The first-order valence-electron chi connectivity index (χ1n) is 6.81. The van der Waals surface area contributed by atoms with Crippen LogP contribution >= 0.6 is 0 Å². The second-order valence-corrected chi connectivity index (χ2v) is 5.27. The van der Waals surface area contributed by atoms with E-state index in [-0.39, 0.29) is 24.3 Å². The number of nitrogens with zero attached hydrogens (tertiary/aromatic N) is 2. The van der Waals surface area contributed by atoms with E-state index in [2.05, 4.69) is 4.90 Å². The van der Waals surface area contributed by atoms with Gasteiger partial charge in [0.1, 0.15) is 0 Å². The second-order valence-electron chi connectivity index (χ2n) is 5.27. The van der Waals surface area contributed by atoms with Crippen LogP contribution in [-0.4, -0.2) is 66.7 Å². The van der Waals surface area contributed by atoms with E-state index in [0.29, 0.717) is 13.2 Å². The number of fused-ring (bicyclic) bond motifs is 3. The molecule has 2 aliphatic heterocycles. The topological polar surface area (TPSA) is 83.2 Å². The second kappa shape index (κ2) is 7.24. The molecule has 1 aromatic rings. The van der Waals surface area contributed by atoms with E-state index in [1.807, 2.05) is 18.0 Å². The summed E-state index contributed by atoms with van der Waals surface area (Å²) < 4.78 is 10.7. The molecule has 0 saturated carbocycles. The fraction of sp³-hybridized carbons (Fsp3) is 0.571. The predicted molar refractivity (Wildman–Crippen MR) is 73.5 cm³/mol. The monoisotopic (exact) mass is 296 g/mol. The van der Waals surface area contributed by atoms with Gasteiger partial charge < -0.3 is 19.2 Å². The molecule has 3 heterocycles. The first kappa shape index (κ1) is 15.5. The molecule has 7 heteroatoms. The first-order chi connectivity index (χ1) is 10.2. The number of amides is 1. The van der Waals surface area contributed by atoms with Crippen molar-refractivity contribution in [2.75, 3.05) is 33.4 Å². The number of carboxylic acid groups (broad SMARTS) is 1. The molecular formula is C14H20N2O5. The van der Waals surface area contributed by atoms with Crippen molar-refractivity contribution < 1.29 is 23.8 Å². The van der Waals surface area contributed by atoms with E-state index in [1.165, 1.54) is 0 Å². The third kappa shape index (κ3) is 3.83. The summed E-state index contributed by atoms with van der Waals surface area (Å²) in [4.78, 5) is 24.7. The standard InChI is InChI=1S/C13H18N2O3.CH2O2/c1-14-12-6-15(4-10-2-3-17-7-10)5-11(13(14)16)8-18-9-12;2-1-3/h2-3,7,11-12H,4-6,8-9H2,1H3;1H,(H,2,3)/t11-,12+;/m1./s1. The van der Waals surface area contributed by atoms with Crippen LogP contribution in [0.4, 0.5) is 0 Å². The lowest BCUT2D eigenvalue weighted by Crippen LogP contribution is -2.42. The number of ether oxygens (including phenoxy) is 1. The Kier molecular flexibility index (Phi) is 5.35. The Hall–Kier alpha value is -1.86. The summed E-state index contributed by atoms with van der Waals surface area (Å²) in [7, 11) is 1.88. The van der Waals surface area contributed by atoms with Gasteiger partial charge in [0.2, 0.25) is 5.91 Å². The highest BCUT2D eigenvalue weighted by Crippen LogP contribution is 2.21. The average molecular weight is 296 g/mol. The molecule has 1 N–H and O–H groups in total. The van der Waals surface area contributed by atoms with Crippen molar-refractivity contribution >= 4 is 12.4 Å². The lowest BCUT2D eigenvalue weighted by Gasteiger charge is -2.28. The van der Waals surface area contributed by atoms with E-state index in [1.54, 1.807) is 12.5 Å². The molecule has 0 radical (unpaired) electrons. The van der Waals surface area contributed by atoms with Crippen molar-refractivity contribution in [3.8, 4) is 0 Å². The highest BCUT2D eigenvalue weighted by Gasteiger charge is 2.37. The lowest BCUT2D eigenvalue weighted by atomic mass is 10.1. The molecule has 3 rings (SSSR count). The molecule has 1 aromatic heterocycles. The molecule has 0 aliphatic carbocycles. The number of rotatable bonds is 2. The number of carbonyl (C=O) groups is 2. The van der Waals surface area contributed by atoms with Crippen LogP contribution in [0.25, 0.3) is 0 Å². The summed E-state index contributed by atoms with van der Waals surface area (Å²) >= 11 is 0. The van der Waals surface area contributed by atoms with Crippen LogP contribution in [0.3, 0.4) is 0 Å². The molecule has 7 nitrogen and oxygen atoms in total. The third-order valence-corrected chi connectivity index (χ3v) is 3.81. The van der Waals surface area contributed by atoms with Crippen LogP contribution in [0, 0.1) is 5.92 Å². The van der Waals surface area contributed by atoms with Gasteiger partial charge in [0.25, 0.3) is 6.47 Å². The molecule has 116 valence electrons. The van der Waals surface area contributed by atoms with Crippen LogP contribution in [0.2, 0.25) is 0 Å². The average Bonchev–Trinajstić information content (AvgIpc) is 2.86. The molecule has 0 unspecified atom stereocenters. The zero-order valence-electron chi connectivity index (χ0n) is 12.0. The van der Waals surface area contributed by atoms with Gasteiger partial charge in [-0.3, -0.25) is 14.5 Å². The zero-order chi connectivity index (χ0) is 15.2. The molecule has 21 heavy (non-hydrogen) atoms. The largest absolute Gasteiger partial charge is 0.483 e. The molecular weight excluding hydrogens is 276 g/mol. The fourth-order valence-corrected chi connectivity index (χ4v) is 2.76. The number of furan rings is 1. The molecule has 2 atom stereocenters. The molecule has 1 amide bonds. The summed E-state index contributed by atoms with van der Waals surface area (Å²) in [6, 6.07) is 2.14. The van der Waals surface area contributed by atoms with Gasteiger partial charge in [0.05, 0.1) is 37.7 Å². The van der Waals surface area contributed by atoms with Crippen molar-refractivity contribution in [1.29, 1.82) is 0 Å². The smallest absolute Gasteiger partial charge is 0.290 e. The van der Waals surface area contributed by atoms with E-state index >= 15 is 0 Å². The van der Waals surface area contributed by atoms with Crippen molar-refractivity contribution in [1.82, 2.24) is 9.80 Å². The van der Waals surface area contributed by atoms with Crippen LogP contribution in [0.5, 0.6) is 0 Å². The SMILES string of the molecule is CN1C(=O)[C@H]2COC[C@@H]1CN(Cc1ccoc1)C2.O=CO. The molecule has 0 spiro atoms. The van der Waals surface area contributed by atoms with E-state index in [0.717, 1.165) is 25.2 Å². The number of hydrogen-bond donors (Lipinski definition) is 1. The minimum absolute atomic E-state index is 0.0330. The molecule has 2 fully saturated rings. The number of likely N-dealkylation sites (N-methyl/N-ethyl adjacent to an activating group) is 1. The molecule has 2 bridgehead atoms. The summed E-state index contributed by atoms with van der Waals surface area (Å²) in [5.74, 6) is 0.182. The third-order valence-electron chi connectivity index (χ3n) is 3.81. The van der Waals surface area contributed by atoms with Gasteiger partial charge in [-0.05, 0) is 6.07 Å². The van der Waals surface area contributed by atoms with Gasteiger partial charge in [-0.2, -0.15) is 0 Å². The van der Waals surface area contributed by atoms with Gasteiger partial charge in [-0.15, -0.1) is 0 Å². The maximum absolute atomic E-state index is 12.2. The number of carbonyl (C=O) groups excluding carboxylic acids is 1. The quantitative estimate of drug-likeness (QED) is 0.789. The van der Waals surface area contributed by atoms with Gasteiger partial charge in [0.15, 0.2) is 0 Å². The van der Waals surface area contributed by atoms with Crippen LogP contribution in [0.1, 0.15) is 5.56 Å². The fourth-order valence-electron chi connectivity index (χ4n) is 2.76. The first-order valence-corrected chi connectivity index (χ1v) is 6.81. The summed E-state index contributed by atoms with van der Waals surface area (Å²) in [6.45, 7) is 3.40. The van der Waals surface area contributed by atoms with Crippen LogP contribution in [0.15, 0.2) is 23.0 Å². The minimum atomic E-state index is -0.250. The van der Waals surface area contributed by atoms with Gasteiger partial charge in [-0.1, -0.05) is 0 Å². The van der Waals surface area contributed by atoms with Crippen molar-refractivity contribution in [3.05, 3.63) is 24.2 Å². The highest BCUT2D eigenvalue weighted by molar-refractivity contribution is 5.79. The zero-order valence-corrected chi connectivity index (χ0v) is 12.0. The Labute approximate surface area is 123 Å². The molecule has 0 aromatic carbocycles. The van der Waals surface area contributed by atoms with Crippen molar-refractivity contribution in [3.63, 3.8) is 0 Å². The Balaban J connectivity index is 0.000000497. The van der Waals surface area contributed by atoms with Gasteiger partial charge >= 0.3 is 0 Å².